The molecule has 19 heteroatoms. The third kappa shape index (κ3) is 16.6. The molecule has 5 rings (SSSR count). The summed E-state index contributed by atoms with van der Waals surface area (Å²) in [6.45, 7) is 28.0. The van der Waals surface area contributed by atoms with Crippen LogP contribution in [0.5, 0.6) is 5.75 Å². The number of alkyl carbamates (subject to hydrolysis) is 1. The third-order valence-electron chi connectivity index (χ3n) is 11.3. The van der Waals surface area contributed by atoms with E-state index in [-0.39, 0.29) is 29.6 Å². The summed E-state index contributed by atoms with van der Waals surface area (Å²) in [5.74, 6) is 5.64. The highest BCUT2D eigenvalue weighted by molar-refractivity contribution is 7.16. The average Bonchev–Trinajstić information content (AvgIpc) is 3.84. The van der Waals surface area contributed by atoms with Crippen LogP contribution in [0.15, 0.2) is 53.5 Å². The van der Waals surface area contributed by atoms with Gasteiger partial charge in [0.15, 0.2) is 47.1 Å². The predicted octanol–water partition coefficient (Wildman–Crippen LogP) is 11.6. The summed E-state index contributed by atoms with van der Waals surface area (Å²) in [7, 11) is -1.86. The number of para-hydroxylation sites is 1. The maximum Gasteiger partial charge on any atom is 0.408 e. The zero-order valence-electron chi connectivity index (χ0n) is 42.6. The van der Waals surface area contributed by atoms with E-state index >= 15 is 4.39 Å². The highest BCUT2D eigenvalue weighted by Crippen LogP contribution is 2.37. The molecule has 0 bridgehead atoms. The molecular weight excluding hydrogens is 950 g/mol. The Morgan fingerprint density at radius 3 is 2.38 bits per heavy atom. The van der Waals surface area contributed by atoms with Crippen LogP contribution in [0.2, 0.25) is 43.8 Å². The van der Waals surface area contributed by atoms with Crippen molar-refractivity contribution in [2.45, 2.75) is 130 Å². The van der Waals surface area contributed by atoms with Crippen LogP contribution in [-0.4, -0.2) is 93.8 Å². The van der Waals surface area contributed by atoms with E-state index in [2.05, 4.69) is 92.5 Å². The van der Waals surface area contributed by atoms with Crippen molar-refractivity contribution in [3.8, 4) is 17.6 Å². The lowest BCUT2D eigenvalue weighted by Gasteiger charge is -2.36. The molecular formula is C50H70FN7O7S2Si2. The minimum atomic E-state index is -1.94. The first kappa shape index (κ1) is 55.0. The lowest BCUT2D eigenvalue weighted by Crippen LogP contribution is -2.41. The minimum Gasteiger partial charge on any atom is -0.491 e. The van der Waals surface area contributed by atoms with Gasteiger partial charge in [0.1, 0.15) is 12.3 Å². The number of amides is 1. The van der Waals surface area contributed by atoms with Crippen LogP contribution in [0.1, 0.15) is 87.3 Å². The van der Waals surface area contributed by atoms with E-state index < -0.39 is 39.9 Å². The fraction of sp³-hybridized carbons (Fsp3) is 0.520. The van der Waals surface area contributed by atoms with E-state index in [9.17, 15) is 9.59 Å². The van der Waals surface area contributed by atoms with Crippen LogP contribution in [0.3, 0.4) is 0 Å². The Morgan fingerprint density at radius 2 is 1.70 bits per heavy atom. The molecule has 0 saturated carbocycles. The average molecular weight is 1020 g/mol. The van der Waals surface area contributed by atoms with Gasteiger partial charge in [-0.3, -0.25) is 4.57 Å². The summed E-state index contributed by atoms with van der Waals surface area (Å²) in [6, 6.07) is 15.7. The normalized spacial score (nSPS) is 12.5. The number of halogens is 1. The topological polar surface area (TPSA) is 152 Å². The van der Waals surface area contributed by atoms with Gasteiger partial charge in [0, 0.05) is 38.3 Å². The first-order valence-corrected chi connectivity index (χ1v) is 31.6. The number of methoxy groups -OCH3 is 1. The van der Waals surface area contributed by atoms with Gasteiger partial charge in [0.2, 0.25) is 0 Å². The number of carbonyl (C=O) groups excluding carboxylic acids is 2. The second-order valence-electron chi connectivity index (χ2n) is 20.4. The zero-order valence-corrected chi connectivity index (χ0v) is 46.3. The number of rotatable bonds is 21. The second-order valence-corrected chi connectivity index (χ2v) is 32.9. The summed E-state index contributed by atoms with van der Waals surface area (Å²) in [4.78, 5) is 38.4. The molecule has 0 aliphatic rings. The first-order chi connectivity index (χ1) is 32.4. The number of unbranched alkanes of at least 4 members (excludes halogenated alkanes) is 1. The van der Waals surface area contributed by atoms with E-state index in [1.54, 1.807) is 38.2 Å². The first-order valence-electron chi connectivity index (χ1n) is 23.4. The van der Waals surface area contributed by atoms with Crippen molar-refractivity contribution in [2.75, 3.05) is 44.9 Å². The van der Waals surface area contributed by atoms with Gasteiger partial charge in [-0.05, 0) is 120 Å². The molecule has 0 spiro atoms. The SMILES string of the molecule is COC(=O)c1nc(N(CCCCO[Si](C)(C)C(C)(C)C)c2cc(C)c(N=c3sc4ccccc4n3COCC[Si](C)(C)C)nn2)sc1CCCOc1ccc(C#CCNC(=O)OC(C)(C)C)cc1F. The number of thiazole rings is 2. The standard InChI is InChI=1S/C50H70FN7O7S2Si2/c1-35-32-42(55-56-44(35)54-47-58(34-62-30-31-68(9,10)11)38-21-14-15-22-40(38)66-47)57(27-16-17-29-64-69(12,13)50(5,6)7)46-53-43(45(59)61-8)41(67-46)23-19-28-63-39-25-24-36(33-37(39)51)20-18-26-52-48(60)65-49(2,3)4/h14-15,21-22,24-25,32-33H,16-17,19,23,26-31,34H2,1-13H3,(H,52,60). The highest BCUT2D eigenvalue weighted by Gasteiger charge is 2.37. The molecule has 0 saturated heterocycles. The molecule has 0 unspecified atom stereocenters. The van der Waals surface area contributed by atoms with Crippen molar-refractivity contribution in [3.05, 3.63) is 80.8 Å². The van der Waals surface area contributed by atoms with Crippen molar-refractivity contribution in [3.63, 3.8) is 0 Å². The number of hydrogen-bond donors (Lipinski definition) is 1. The highest BCUT2D eigenvalue weighted by atomic mass is 32.1. The molecule has 69 heavy (non-hydrogen) atoms. The van der Waals surface area contributed by atoms with Crippen molar-refractivity contribution >= 4 is 78.1 Å². The van der Waals surface area contributed by atoms with E-state index in [1.165, 1.54) is 30.6 Å². The molecule has 3 aromatic heterocycles. The maximum absolute atomic E-state index is 15.1. The summed E-state index contributed by atoms with van der Waals surface area (Å²) >= 11 is 2.96. The number of aromatic nitrogens is 4. The molecule has 0 atom stereocenters. The number of anilines is 2. The largest absolute Gasteiger partial charge is 0.491 e. The number of esters is 1. The molecule has 0 radical (unpaired) electrons. The van der Waals surface area contributed by atoms with Crippen molar-refractivity contribution in [1.29, 1.82) is 0 Å². The number of nitrogens with zero attached hydrogens (tertiary/aromatic N) is 6. The van der Waals surface area contributed by atoms with Crippen LogP contribution >= 0.6 is 22.7 Å². The third-order valence-corrected chi connectivity index (χ3v) is 19.7. The second kappa shape index (κ2) is 24.2. The summed E-state index contributed by atoms with van der Waals surface area (Å²) in [5.41, 5.74) is 1.88. The lowest BCUT2D eigenvalue weighted by atomic mass is 10.2. The summed E-state index contributed by atoms with van der Waals surface area (Å²) in [5, 5.41) is 12.6. The van der Waals surface area contributed by atoms with Crippen LogP contribution in [0, 0.1) is 24.6 Å². The van der Waals surface area contributed by atoms with E-state index in [0.717, 1.165) is 39.5 Å². The minimum absolute atomic E-state index is 0.0465. The van der Waals surface area contributed by atoms with E-state index in [4.69, 9.17) is 38.4 Å². The predicted molar refractivity (Wildman–Crippen MR) is 280 cm³/mol. The van der Waals surface area contributed by atoms with Gasteiger partial charge in [-0.25, -0.2) is 19.0 Å². The molecule has 2 aromatic carbocycles. The van der Waals surface area contributed by atoms with Crippen molar-refractivity contribution in [2.24, 2.45) is 4.99 Å². The Kier molecular flexibility index (Phi) is 19.3. The molecule has 0 aliphatic carbocycles. The Hall–Kier alpha value is -4.98. The Morgan fingerprint density at radius 1 is 0.942 bits per heavy atom. The van der Waals surface area contributed by atoms with Crippen LogP contribution in [0.25, 0.3) is 10.2 Å². The molecule has 5 aromatic rings. The van der Waals surface area contributed by atoms with Gasteiger partial charge < -0.3 is 33.6 Å². The number of hydrogen-bond acceptors (Lipinski definition) is 14. The number of nitrogens with one attached hydrogen (secondary N) is 1. The van der Waals surface area contributed by atoms with Crippen LogP contribution < -0.4 is 19.8 Å². The van der Waals surface area contributed by atoms with Gasteiger partial charge in [-0.2, -0.15) is 4.99 Å². The molecule has 14 nitrogen and oxygen atoms in total. The fourth-order valence-electron chi connectivity index (χ4n) is 6.35. The quantitative estimate of drug-likeness (QED) is 0.0324. The molecule has 0 aliphatic heterocycles. The van der Waals surface area contributed by atoms with E-state index in [1.807, 2.05) is 30.0 Å². The van der Waals surface area contributed by atoms with Gasteiger partial charge in [0.05, 0.1) is 30.5 Å². The zero-order chi connectivity index (χ0) is 50.6. The molecule has 1 amide bonds. The Labute approximate surface area is 417 Å². The number of ether oxygens (including phenoxy) is 4. The summed E-state index contributed by atoms with van der Waals surface area (Å²) in [6.07, 6.45) is 1.87. The molecule has 374 valence electrons. The Balaban J connectivity index is 1.35. The van der Waals surface area contributed by atoms with Gasteiger partial charge in [-0.1, -0.05) is 75.7 Å². The number of benzene rings is 2. The maximum atomic E-state index is 15.1. The summed E-state index contributed by atoms with van der Waals surface area (Å²) < 4.78 is 47.2. The van der Waals surface area contributed by atoms with Gasteiger partial charge in [0.25, 0.3) is 0 Å². The number of fused-ring (bicyclic) bond motifs is 1. The van der Waals surface area contributed by atoms with Crippen molar-refractivity contribution in [1.82, 2.24) is 25.1 Å². The molecule has 3 heterocycles. The molecule has 0 fully saturated rings. The van der Waals surface area contributed by atoms with Crippen molar-refractivity contribution < 1.29 is 37.4 Å². The monoisotopic (exact) mass is 1020 g/mol. The number of carbonyl (C=O) groups is 2. The fourth-order valence-corrected chi connectivity index (χ4v) is 10.3. The van der Waals surface area contributed by atoms with E-state index in [0.29, 0.717) is 66.5 Å². The lowest BCUT2D eigenvalue weighted by molar-refractivity contribution is 0.0533. The van der Waals surface area contributed by atoms with Gasteiger partial charge >= 0.3 is 12.1 Å². The van der Waals surface area contributed by atoms with Crippen LogP contribution in [-0.2, 0) is 31.8 Å². The van der Waals surface area contributed by atoms with Gasteiger partial charge in [-0.15, -0.1) is 21.5 Å². The van der Waals surface area contributed by atoms with Crippen LogP contribution in [0.4, 0.5) is 26.0 Å². The Bertz CT molecular complexity index is 2670. The number of aryl methyl sites for hydroxylation is 2. The molecule has 1 N–H and O–H groups in total. The smallest absolute Gasteiger partial charge is 0.408 e.